The summed E-state index contributed by atoms with van der Waals surface area (Å²) in [7, 11) is 3.20. The summed E-state index contributed by atoms with van der Waals surface area (Å²) in [6, 6.07) is 5.94. The van der Waals surface area contributed by atoms with E-state index in [-0.39, 0.29) is 6.54 Å². The number of rotatable bonds is 5. The lowest BCUT2D eigenvalue weighted by Crippen LogP contribution is -2.54. The van der Waals surface area contributed by atoms with Crippen molar-refractivity contribution in [1.82, 2.24) is 10.6 Å². The monoisotopic (exact) mass is 436 g/mol. The van der Waals surface area contributed by atoms with Crippen LogP contribution in [0.15, 0.2) is 24.3 Å². The van der Waals surface area contributed by atoms with Crippen LogP contribution in [0.25, 0.3) is 0 Å². The molecule has 0 aromatic heterocycles. The van der Waals surface area contributed by atoms with Crippen molar-refractivity contribution >= 4 is 29.1 Å². The Labute approximate surface area is 169 Å². The number of likely N-dealkylation sites (N-methyl/N-ethyl adjacent to an activating group) is 2. The molecule has 12 heteroatoms. The Morgan fingerprint density at radius 2 is 1.67 bits per heavy atom. The Kier molecular flexibility index (Phi) is 6.57. The second kappa shape index (κ2) is 8.44. The van der Waals surface area contributed by atoms with Gasteiger partial charge in [0.1, 0.15) is 12.0 Å². The van der Waals surface area contributed by atoms with Crippen molar-refractivity contribution in [1.29, 1.82) is 0 Å². The Morgan fingerprint density at radius 1 is 1.10 bits per heavy atom. The molecule has 0 fully saturated rings. The van der Waals surface area contributed by atoms with Gasteiger partial charge in [0.15, 0.2) is 0 Å². The fourth-order valence-corrected chi connectivity index (χ4v) is 2.85. The van der Waals surface area contributed by atoms with Crippen molar-refractivity contribution in [2.24, 2.45) is 5.92 Å². The zero-order valence-electron chi connectivity index (χ0n) is 16.4. The number of amides is 3. The number of nitrogens with one attached hydrogen (secondary N) is 2. The number of carbonyl (C=O) groups excluding carboxylic acids is 3. The summed E-state index contributed by atoms with van der Waals surface area (Å²) in [5.41, 5.74) is 1.33. The number of alkyl halides is 5. The van der Waals surface area contributed by atoms with Gasteiger partial charge in [0.2, 0.25) is 11.8 Å². The standard InChI is InChI=1S/C18H21F5N4O3/c1-10(14(28)24-9-17(19,20)18(21,22)23)15(29)25-11-8-26(2)12-6-4-5-7-13(12)27(3)16(11)30/h4-7,10-11H,8-9H2,1-3H3,(H,24,28)(H,25,29)/t10?,11-/m0/s1. The highest BCUT2D eigenvalue weighted by atomic mass is 19.4. The first-order chi connectivity index (χ1) is 13.8. The van der Waals surface area contributed by atoms with Gasteiger partial charge in [0, 0.05) is 20.6 Å². The maximum Gasteiger partial charge on any atom is 0.455 e. The second-order valence-corrected chi connectivity index (χ2v) is 6.97. The van der Waals surface area contributed by atoms with E-state index in [4.69, 9.17) is 0 Å². The van der Waals surface area contributed by atoms with Crippen LogP contribution in [0.1, 0.15) is 6.92 Å². The van der Waals surface area contributed by atoms with Crippen LogP contribution < -0.4 is 20.4 Å². The van der Waals surface area contributed by atoms with E-state index < -0.39 is 48.3 Å². The van der Waals surface area contributed by atoms with Gasteiger partial charge in [-0.1, -0.05) is 12.1 Å². The molecule has 0 saturated carbocycles. The molecule has 1 unspecified atom stereocenters. The molecule has 166 valence electrons. The van der Waals surface area contributed by atoms with Gasteiger partial charge in [-0.15, -0.1) is 0 Å². The van der Waals surface area contributed by atoms with Gasteiger partial charge in [-0.25, -0.2) is 0 Å². The lowest BCUT2D eigenvalue weighted by Gasteiger charge is -2.24. The average Bonchev–Trinajstić information content (AvgIpc) is 2.76. The van der Waals surface area contributed by atoms with E-state index in [1.165, 1.54) is 17.3 Å². The van der Waals surface area contributed by atoms with Crippen molar-refractivity contribution < 1.29 is 36.3 Å². The predicted octanol–water partition coefficient (Wildman–Crippen LogP) is 1.53. The van der Waals surface area contributed by atoms with Gasteiger partial charge in [-0.2, -0.15) is 22.0 Å². The molecule has 1 aromatic rings. The minimum atomic E-state index is -5.83. The minimum absolute atomic E-state index is 0.0619. The first-order valence-electron chi connectivity index (χ1n) is 8.86. The number of fused-ring (bicyclic) bond motifs is 1. The van der Waals surface area contributed by atoms with E-state index in [0.717, 1.165) is 12.6 Å². The summed E-state index contributed by atoms with van der Waals surface area (Å²) in [6.45, 7) is -0.887. The molecule has 3 amide bonds. The van der Waals surface area contributed by atoms with Crippen molar-refractivity contribution in [3.05, 3.63) is 24.3 Å². The zero-order valence-corrected chi connectivity index (χ0v) is 16.4. The van der Waals surface area contributed by atoms with Crippen molar-refractivity contribution in [2.45, 2.75) is 25.1 Å². The summed E-state index contributed by atoms with van der Waals surface area (Å²) in [6.07, 6.45) is -5.83. The number of anilines is 2. The molecular formula is C18H21F5N4O3. The summed E-state index contributed by atoms with van der Waals surface area (Å²) in [5.74, 6) is -9.50. The molecule has 1 aliphatic rings. The molecular weight excluding hydrogens is 415 g/mol. The molecule has 2 atom stereocenters. The summed E-state index contributed by atoms with van der Waals surface area (Å²) >= 11 is 0. The molecule has 0 aliphatic carbocycles. The lowest BCUT2D eigenvalue weighted by molar-refractivity contribution is -0.278. The molecule has 1 aromatic carbocycles. The van der Waals surface area contributed by atoms with Crippen molar-refractivity contribution in [3.63, 3.8) is 0 Å². The average molecular weight is 436 g/mol. The molecule has 2 rings (SSSR count). The first-order valence-corrected chi connectivity index (χ1v) is 8.86. The third-order valence-corrected chi connectivity index (χ3v) is 4.74. The third-order valence-electron chi connectivity index (χ3n) is 4.74. The highest BCUT2D eigenvalue weighted by Gasteiger charge is 2.57. The quantitative estimate of drug-likeness (QED) is 0.542. The van der Waals surface area contributed by atoms with Crippen LogP contribution in [0.4, 0.5) is 33.3 Å². The topological polar surface area (TPSA) is 81.8 Å². The van der Waals surface area contributed by atoms with Crippen LogP contribution in [0, 0.1) is 5.92 Å². The number of halogens is 5. The number of benzene rings is 1. The Balaban J connectivity index is 2.04. The SMILES string of the molecule is CC(C(=O)NCC(F)(F)C(F)(F)F)C(=O)N[C@H]1CN(C)c2ccccc2N(C)C1=O. The smallest absolute Gasteiger partial charge is 0.370 e. The number of carbonyl (C=O) groups is 3. The Hall–Kier alpha value is -2.92. The Morgan fingerprint density at radius 3 is 2.23 bits per heavy atom. The molecule has 0 saturated heterocycles. The number of hydrogen-bond donors (Lipinski definition) is 2. The number of nitrogens with zero attached hydrogens (tertiary/aromatic N) is 2. The van der Waals surface area contributed by atoms with E-state index in [2.05, 4.69) is 5.32 Å². The van der Waals surface area contributed by atoms with Gasteiger partial charge >= 0.3 is 12.1 Å². The van der Waals surface area contributed by atoms with Gasteiger partial charge in [-0.05, 0) is 19.1 Å². The van der Waals surface area contributed by atoms with Crippen molar-refractivity contribution in [3.8, 4) is 0 Å². The highest BCUT2D eigenvalue weighted by molar-refractivity contribution is 6.05. The second-order valence-electron chi connectivity index (χ2n) is 6.97. The summed E-state index contributed by atoms with van der Waals surface area (Å²) < 4.78 is 62.5. The first kappa shape index (κ1) is 23.4. The molecule has 2 N–H and O–H groups in total. The molecule has 0 radical (unpaired) electrons. The Bertz CT molecular complexity index is 830. The predicted molar refractivity (Wildman–Crippen MR) is 98.2 cm³/mol. The van der Waals surface area contributed by atoms with E-state index in [1.54, 1.807) is 36.2 Å². The third kappa shape index (κ3) is 4.79. The van der Waals surface area contributed by atoms with Crippen LogP contribution in [0.5, 0.6) is 0 Å². The maximum absolute atomic E-state index is 12.9. The van der Waals surface area contributed by atoms with E-state index in [1.807, 2.05) is 0 Å². The van der Waals surface area contributed by atoms with Crippen LogP contribution >= 0.6 is 0 Å². The summed E-state index contributed by atoms with van der Waals surface area (Å²) in [5, 5.41) is 3.80. The van der Waals surface area contributed by atoms with Crippen LogP contribution in [0.2, 0.25) is 0 Å². The highest BCUT2D eigenvalue weighted by Crippen LogP contribution is 2.34. The maximum atomic E-state index is 12.9. The normalized spacial score (nSPS) is 18.4. The van der Waals surface area contributed by atoms with Gasteiger partial charge in [0.05, 0.1) is 17.9 Å². The number of hydrogen-bond acceptors (Lipinski definition) is 4. The number of para-hydroxylation sites is 2. The van der Waals surface area contributed by atoms with E-state index >= 15 is 0 Å². The molecule has 30 heavy (non-hydrogen) atoms. The van der Waals surface area contributed by atoms with Crippen molar-refractivity contribution in [2.75, 3.05) is 37.0 Å². The van der Waals surface area contributed by atoms with E-state index in [9.17, 15) is 36.3 Å². The van der Waals surface area contributed by atoms with Gasteiger partial charge < -0.3 is 20.4 Å². The van der Waals surface area contributed by atoms with Gasteiger partial charge in [-0.3, -0.25) is 14.4 Å². The largest absolute Gasteiger partial charge is 0.455 e. The fraction of sp³-hybridized carbons (Fsp3) is 0.500. The molecule has 0 spiro atoms. The minimum Gasteiger partial charge on any atom is -0.370 e. The van der Waals surface area contributed by atoms with E-state index in [0.29, 0.717) is 5.69 Å². The van der Waals surface area contributed by atoms with Gasteiger partial charge in [0.25, 0.3) is 5.91 Å². The van der Waals surface area contributed by atoms with Crippen LogP contribution in [-0.2, 0) is 14.4 Å². The molecule has 0 bridgehead atoms. The fourth-order valence-electron chi connectivity index (χ4n) is 2.85. The lowest BCUT2D eigenvalue weighted by atomic mass is 10.1. The summed E-state index contributed by atoms with van der Waals surface area (Å²) in [4.78, 5) is 40.0. The molecule has 1 heterocycles. The van der Waals surface area contributed by atoms with Crippen LogP contribution in [0.3, 0.4) is 0 Å². The zero-order chi connectivity index (χ0) is 22.9. The van der Waals surface area contributed by atoms with Crippen LogP contribution in [-0.4, -0.2) is 63.0 Å². The molecule has 1 aliphatic heterocycles. The molecule has 7 nitrogen and oxygen atoms in total.